The Kier molecular flexibility index (Phi) is 5.93. The van der Waals surface area contributed by atoms with E-state index in [1.807, 2.05) is 4.90 Å². The van der Waals surface area contributed by atoms with Crippen molar-refractivity contribution in [1.29, 1.82) is 0 Å². The predicted octanol–water partition coefficient (Wildman–Crippen LogP) is 0.935. The Labute approximate surface area is 136 Å². The monoisotopic (exact) mass is 371 g/mol. The van der Waals surface area contributed by atoms with Crippen LogP contribution in [0.15, 0.2) is 16.9 Å². The summed E-state index contributed by atoms with van der Waals surface area (Å²) in [5, 5.41) is 10.7. The van der Waals surface area contributed by atoms with Gasteiger partial charge in [-0.15, -0.1) is 0 Å². The van der Waals surface area contributed by atoms with Crippen molar-refractivity contribution in [2.24, 2.45) is 0 Å². The summed E-state index contributed by atoms with van der Waals surface area (Å²) in [7, 11) is 0. The van der Waals surface area contributed by atoms with Gasteiger partial charge in [-0.05, 0) is 22.4 Å². The molecule has 2 N–H and O–H groups in total. The zero-order valence-corrected chi connectivity index (χ0v) is 13.6. The number of hydrogen-bond acceptors (Lipinski definition) is 5. The van der Waals surface area contributed by atoms with Crippen LogP contribution >= 0.6 is 15.9 Å². The lowest BCUT2D eigenvalue weighted by Gasteiger charge is -2.34. The largest absolute Gasteiger partial charge is 0.465 e. The standard InChI is InChI=1S/C13H18BrN5O3/c14-10-8-16-12(17-9-10)19-6-4-18(5-7-19)11(20)2-1-3-15-13(21)22/h8-9,15H,1-7H2,(H,21,22). The molecule has 0 atom stereocenters. The second kappa shape index (κ2) is 7.92. The number of carboxylic acid groups (broad SMARTS) is 1. The number of nitrogens with zero attached hydrogens (tertiary/aromatic N) is 4. The molecule has 22 heavy (non-hydrogen) atoms. The SMILES string of the molecule is O=C(O)NCCCC(=O)N1CCN(c2ncc(Br)cn2)CC1. The Balaban J connectivity index is 1.73. The summed E-state index contributed by atoms with van der Waals surface area (Å²) in [6.45, 7) is 2.95. The Morgan fingerprint density at radius 2 is 1.86 bits per heavy atom. The Morgan fingerprint density at radius 1 is 1.23 bits per heavy atom. The number of anilines is 1. The molecule has 8 nitrogen and oxygen atoms in total. The average Bonchev–Trinajstić information content (AvgIpc) is 2.52. The number of aromatic nitrogens is 2. The maximum Gasteiger partial charge on any atom is 0.404 e. The van der Waals surface area contributed by atoms with E-state index < -0.39 is 6.09 Å². The molecule has 1 aromatic heterocycles. The van der Waals surface area contributed by atoms with Crippen LogP contribution in [0.1, 0.15) is 12.8 Å². The molecular weight excluding hydrogens is 354 g/mol. The first kappa shape index (κ1) is 16.5. The molecule has 0 aromatic carbocycles. The predicted molar refractivity (Wildman–Crippen MR) is 83.8 cm³/mol. The van der Waals surface area contributed by atoms with Gasteiger partial charge in [0.05, 0.1) is 4.47 Å². The topological polar surface area (TPSA) is 98.7 Å². The van der Waals surface area contributed by atoms with E-state index in [0.717, 1.165) is 4.47 Å². The summed E-state index contributed by atoms with van der Waals surface area (Å²) < 4.78 is 0.833. The van der Waals surface area contributed by atoms with Crippen molar-refractivity contribution < 1.29 is 14.7 Å². The van der Waals surface area contributed by atoms with Gasteiger partial charge in [-0.25, -0.2) is 14.8 Å². The molecule has 0 radical (unpaired) electrons. The molecule has 0 bridgehead atoms. The molecule has 120 valence electrons. The van der Waals surface area contributed by atoms with E-state index in [2.05, 4.69) is 31.2 Å². The number of piperazine rings is 1. The Hall–Kier alpha value is -1.90. The van der Waals surface area contributed by atoms with Crippen molar-refractivity contribution in [1.82, 2.24) is 20.2 Å². The smallest absolute Gasteiger partial charge is 0.404 e. The highest BCUT2D eigenvalue weighted by Crippen LogP contribution is 2.13. The first-order chi connectivity index (χ1) is 10.6. The fraction of sp³-hybridized carbons (Fsp3) is 0.538. The van der Waals surface area contributed by atoms with Gasteiger partial charge in [-0.2, -0.15) is 0 Å². The molecule has 2 amide bonds. The summed E-state index contributed by atoms with van der Waals surface area (Å²) in [6, 6.07) is 0. The van der Waals surface area contributed by atoms with Gasteiger partial charge >= 0.3 is 6.09 Å². The molecule has 1 saturated heterocycles. The Bertz CT molecular complexity index is 517. The van der Waals surface area contributed by atoms with Gasteiger partial charge in [0, 0.05) is 51.5 Å². The molecule has 0 saturated carbocycles. The summed E-state index contributed by atoms with van der Waals surface area (Å²) in [4.78, 5) is 34.7. The van der Waals surface area contributed by atoms with E-state index in [4.69, 9.17) is 5.11 Å². The minimum Gasteiger partial charge on any atom is -0.465 e. The molecule has 0 spiro atoms. The van der Waals surface area contributed by atoms with E-state index in [9.17, 15) is 9.59 Å². The van der Waals surface area contributed by atoms with Crippen LogP contribution in [0.3, 0.4) is 0 Å². The van der Waals surface area contributed by atoms with Crippen LogP contribution in [0.4, 0.5) is 10.7 Å². The number of carbonyl (C=O) groups excluding carboxylic acids is 1. The zero-order chi connectivity index (χ0) is 15.9. The molecule has 1 aliphatic rings. The van der Waals surface area contributed by atoms with Gasteiger partial charge in [0.25, 0.3) is 0 Å². The van der Waals surface area contributed by atoms with Crippen LogP contribution in [-0.4, -0.2) is 64.7 Å². The maximum absolute atomic E-state index is 12.0. The van der Waals surface area contributed by atoms with Crippen molar-refractivity contribution in [3.8, 4) is 0 Å². The van der Waals surface area contributed by atoms with Crippen molar-refractivity contribution in [3.05, 3.63) is 16.9 Å². The maximum atomic E-state index is 12.0. The van der Waals surface area contributed by atoms with Gasteiger partial charge in [0.15, 0.2) is 0 Å². The van der Waals surface area contributed by atoms with Gasteiger partial charge in [-0.1, -0.05) is 0 Å². The van der Waals surface area contributed by atoms with Crippen LogP contribution < -0.4 is 10.2 Å². The van der Waals surface area contributed by atoms with Gasteiger partial charge in [0.1, 0.15) is 0 Å². The second-order valence-electron chi connectivity index (χ2n) is 4.90. The van der Waals surface area contributed by atoms with Gasteiger partial charge in [0.2, 0.25) is 11.9 Å². The van der Waals surface area contributed by atoms with Gasteiger partial charge in [-0.3, -0.25) is 4.79 Å². The third kappa shape index (κ3) is 4.83. The molecule has 1 aliphatic heterocycles. The lowest BCUT2D eigenvalue weighted by Crippen LogP contribution is -2.49. The number of amides is 2. The molecule has 2 rings (SSSR count). The Morgan fingerprint density at radius 3 is 2.45 bits per heavy atom. The lowest BCUT2D eigenvalue weighted by atomic mass is 10.2. The third-order valence-corrected chi connectivity index (χ3v) is 3.78. The molecule has 0 unspecified atom stereocenters. The molecule has 1 fully saturated rings. The minimum absolute atomic E-state index is 0.0589. The van der Waals surface area contributed by atoms with E-state index in [-0.39, 0.29) is 5.91 Å². The summed E-state index contributed by atoms with van der Waals surface area (Å²) in [5.41, 5.74) is 0. The van der Waals surface area contributed by atoms with Crippen LogP contribution in [0, 0.1) is 0 Å². The van der Waals surface area contributed by atoms with E-state index in [0.29, 0.717) is 51.5 Å². The van der Waals surface area contributed by atoms with Crippen molar-refractivity contribution in [2.45, 2.75) is 12.8 Å². The number of rotatable bonds is 5. The molecule has 0 aliphatic carbocycles. The highest BCUT2D eigenvalue weighted by atomic mass is 79.9. The van der Waals surface area contributed by atoms with E-state index in [1.165, 1.54) is 0 Å². The average molecular weight is 372 g/mol. The normalized spacial score (nSPS) is 14.8. The van der Waals surface area contributed by atoms with Crippen LogP contribution in [0.5, 0.6) is 0 Å². The summed E-state index contributed by atoms with van der Waals surface area (Å²) >= 11 is 3.30. The van der Waals surface area contributed by atoms with E-state index in [1.54, 1.807) is 17.3 Å². The number of hydrogen-bond donors (Lipinski definition) is 2. The first-order valence-electron chi connectivity index (χ1n) is 7.03. The van der Waals surface area contributed by atoms with Crippen LogP contribution in [0.2, 0.25) is 0 Å². The molecule has 1 aromatic rings. The van der Waals surface area contributed by atoms with Crippen LogP contribution in [-0.2, 0) is 4.79 Å². The zero-order valence-electron chi connectivity index (χ0n) is 12.0. The highest BCUT2D eigenvalue weighted by Gasteiger charge is 2.22. The van der Waals surface area contributed by atoms with Crippen molar-refractivity contribution >= 4 is 33.9 Å². The molecular formula is C13H18BrN5O3. The second-order valence-corrected chi connectivity index (χ2v) is 5.82. The lowest BCUT2D eigenvalue weighted by molar-refractivity contribution is -0.131. The van der Waals surface area contributed by atoms with Crippen molar-refractivity contribution in [3.63, 3.8) is 0 Å². The molecule has 9 heteroatoms. The number of carbonyl (C=O) groups is 2. The highest BCUT2D eigenvalue weighted by molar-refractivity contribution is 9.10. The van der Waals surface area contributed by atoms with Gasteiger partial charge < -0.3 is 20.2 Å². The first-order valence-corrected chi connectivity index (χ1v) is 7.82. The fourth-order valence-electron chi connectivity index (χ4n) is 2.22. The minimum atomic E-state index is -1.06. The van der Waals surface area contributed by atoms with Crippen molar-refractivity contribution in [2.75, 3.05) is 37.6 Å². The summed E-state index contributed by atoms with van der Waals surface area (Å²) in [5.74, 6) is 0.726. The van der Waals surface area contributed by atoms with Crippen LogP contribution in [0.25, 0.3) is 0 Å². The summed E-state index contributed by atoms with van der Waals surface area (Å²) in [6.07, 6.45) is 3.22. The van der Waals surface area contributed by atoms with E-state index >= 15 is 0 Å². The number of halogens is 1. The quantitative estimate of drug-likeness (QED) is 0.747. The third-order valence-electron chi connectivity index (χ3n) is 3.37. The fourth-order valence-corrected chi connectivity index (χ4v) is 2.42. The molecule has 2 heterocycles. The number of nitrogens with one attached hydrogen (secondary N) is 1.